The Bertz CT molecular complexity index is 98.6. The third-order valence-electron chi connectivity index (χ3n) is 1.34. The highest BCUT2D eigenvalue weighted by Gasteiger charge is 1.74. The predicted octanol–water partition coefficient (Wildman–Crippen LogP) is 3.70. The molecule has 58 valence electrons. The van der Waals surface area contributed by atoms with E-state index < -0.39 is 0 Å². The minimum absolute atomic E-state index is 1.14. The lowest BCUT2D eigenvalue weighted by atomic mass is 10.2. The maximum atomic E-state index is 2.23. The zero-order valence-electron chi connectivity index (χ0n) is 7.14. The molecule has 0 unspecified atom stereocenters. The van der Waals surface area contributed by atoms with Crippen molar-refractivity contribution in [1.29, 1.82) is 0 Å². The molecule has 0 nitrogen and oxygen atoms in total. The molecule has 0 heteroatoms. The standard InChI is InChI=1S/C10H18/c1-3-5-7-9-10-8-6-4-2/h5,7,9-10H,3-4,6,8H2,1-2H3/b7-5?,10-9+. The van der Waals surface area contributed by atoms with Gasteiger partial charge in [0.05, 0.1) is 0 Å². The first-order valence-electron chi connectivity index (χ1n) is 4.23. The van der Waals surface area contributed by atoms with E-state index in [1.807, 2.05) is 0 Å². The van der Waals surface area contributed by atoms with Gasteiger partial charge in [-0.25, -0.2) is 0 Å². The molecule has 0 atom stereocenters. The highest BCUT2D eigenvalue weighted by atomic mass is 13.8. The van der Waals surface area contributed by atoms with Gasteiger partial charge in [-0.2, -0.15) is 0 Å². The van der Waals surface area contributed by atoms with Gasteiger partial charge in [-0.3, -0.25) is 0 Å². The van der Waals surface area contributed by atoms with E-state index in [-0.39, 0.29) is 0 Å². The molecule has 0 bridgehead atoms. The number of rotatable bonds is 5. The molecule has 0 aromatic rings. The van der Waals surface area contributed by atoms with Gasteiger partial charge in [0.15, 0.2) is 0 Å². The van der Waals surface area contributed by atoms with Gasteiger partial charge in [-0.1, -0.05) is 51.0 Å². The summed E-state index contributed by atoms with van der Waals surface area (Å²) in [4.78, 5) is 0. The third kappa shape index (κ3) is 7.48. The van der Waals surface area contributed by atoms with Crippen LogP contribution in [0.5, 0.6) is 0 Å². The van der Waals surface area contributed by atoms with E-state index in [9.17, 15) is 0 Å². The summed E-state index contributed by atoms with van der Waals surface area (Å²) in [6, 6.07) is 0. The van der Waals surface area contributed by atoms with Crippen LogP contribution in [0.3, 0.4) is 0 Å². The van der Waals surface area contributed by atoms with Gasteiger partial charge in [-0.05, 0) is 12.8 Å². The molecule has 0 saturated heterocycles. The van der Waals surface area contributed by atoms with E-state index in [1.54, 1.807) is 0 Å². The van der Waals surface area contributed by atoms with Crippen LogP contribution in [0.15, 0.2) is 24.3 Å². The highest BCUT2D eigenvalue weighted by Crippen LogP contribution is 1.94. The van der Waals surface area contributed by atoms with Crippen LogP contribution in [0.2, 0.25) is 0 Å². The summed E-state index contributed by atoms with van der Waals surface area (Å²) in [5, 5.41) is 0. The van der Waals surface area contributed by atoms with Crippen LogP contribution in [0.4, 0.5) is 0 Å². The first-order chi connectivity index (χ1) is 4.91. The summed E-state index contributed by atoms with van der Waals surface area (Å²) in [7, 11) is 0. The molecule has 0 amide bonds. The number of hydrogen-bond donors (Lipinski definition) is 0. The quantitative estimate of drug-likeness (QED) is 0.401. The molecular formula is C10H18. The predicted molar refractivity (Wildman–Crippen MR) is 48.1 cm³/mol. The average Bonchev–Trinajstić information content (AvgIpc) is 1.97. The topological polar surface area (TPSA) is 0 Å². The van der Waals surface area contributed by atoms with Crippen molar-refractivity contribution in [2.75, 3.05) is 0 Å². The minimum Gasteiger partial charge on any atom is -0.0848 e. The second-order valence-electron chi connectivity index (χ2n) is 2.41. The summed E-state index contributed by atoms with van der Waals surface area (Å²) in [5.74, 6) is 0. The Morgan fingerprint density at radius 3 is 2.30 bits per heavy atom. The molecule has 0 saturated carbocycles. The lowest BCUT2D eigenvalue weighted by Gasteiger charge is -1.85. The van der Waals surface area contributed by atoms with Crippen molar-refractivity contribution in [3.05, 3.63) is 24.3 Å². The van der Waals surface area contributed by atoms with Crippen LogP contribution < -0.4 is 0 Å². The Morgan fingerprint density at radius 2 is 1.70 bits per heavy atom. The molecule has 0 fully saturated rings. The summed E-state index contributed by atoms with van der Waals surface area (Å²) in [6.45, 7) is 4.37. The first-order valence-corrected chi connectivity index (χ1v) is 4.23. The molecule has 0 aromatic heterocycles. The van der Waals surface area contributed by atoms with Crippen LogP contribution in [0.25, 0.3) is 0 Å². The van der Waals surface area contributed by atoms with Gasteiger partial charge < -0.3 is 0 Å². The second kappa shape index (κ2) is 8.48. The van der Waals surface area contributed by atoms with Gasteiger partial charge in [0.25, 0.3) is 0 Å². The van der Waals surface area contributed by atoms with Crippen molar-refractivity contribution in [1.82, 2.24) is 0 Å². The molecule has 0 radical (unpaired) electrons. The van der Waals surface area contributed by atoms with Crippen LogP contribution in [-0.4, -0.2) is 0 Å². The van der Waals surface area contributed by atoms with Gasteiger partial charge >= 0.3 is 0 Å². The number of allylic oxidation sites excluding steroid dienone is 4. The van der Waals surface area contributed by atoms with Crippen molar-refractivity contribution >= 4 is 0 Å². The number of hydrogen-bond acceptors (Lipinski definition) is 0. The first kappa shape index (κ1) is 9.48. The SMILES string of the molecule is CCC=C/C=C/CCCC. The molecule has 0 N–H and O–H groups in total. The van der Waals surface area contributed by atoms with Crippen molar-refractivity contribution in [3.63, 3.8) is 0 Å². The fourth-order valence-corrected chi connectivity index (χ4v) is 0.711. The largest absolute Gasteiger partial charge is 0.0848 e. The van der Waals surface area contributed by atoms with Crippen LogP contribution in [0, 0.1) is 0 Å². The Morgan fingerprint density at radius 1 is 1.00 bits per heavy atom. The minimum atomic E-state index is 1.14. The monoisotopic (exact) mass is 138 g/mol. The molecule has 0 aliphatic rings. The summed E-state index contributed by atoms with van der Waals surface area (Å²) >= 11 is 0. The van der Waals surface area contributed by atoms with Gasteiger partial charge in [0.1, 0.15) is 0 Å². The van der Waals surface area contributed by atoms with Gasteiger partial charge in [-0.15, -0.1) is 0 Å². The lowest BCUT2D eigenvalue weighted by molar-refractivity contribution is 0.815. The molecule has 0 aromatic carbocycles. The zero-order valence-corrected chi connectivity index (χ0v) is 7.14. The maximum Gasteiger partial charge on any atom is -0.0348 e. The molecule has 0 heterocycles. The smallest absolute Gasteiger partial charge is 0.0348 e. The molecule has 0 aliphatic carbocycles. The Labute approximate surface area is 64.6 Å². The van der Waals surface area contributed by atoms with E-state index in [0.717, 1.165) is 6.42 Å². The summed E-state index contributed by atoms with van der Waals surface area (Å²) < 4.78 is 0. The Hall–Kier alpha value is -0.520. The zero-order chi connectivity index (χ0) is 7.66. The summed E-state index contributed by atoms with van der Waals surface area (Å²) in [6.07, 6.45) is 13.6. The normalized spacial score (nSPS) is 11.8. The van der Waals surface area contributed by atoms with Gasteiger partial charge in [0, 0.05) is 0 Å². The molecule has 0 spiro atoms. The van der Waals surface area contributed by atoms with Crippen molar-refractivity contribution in [2.45, 2.75) is 39.5 Å². The Balaban J connectivity index is 3.11. The second-order valence-corrected chi connectivity index (χ2v) is 2.41. The van der Waals surface area contributed by atoms with Crippen molar-refractivity contribution in [2.24, 2.45) is 0 Å². The van der Waals surface area contributed by atoms with Crippen LogP contribution >= 0.6 is 0 Å². The Kier molecular flexibility index (Phi) is 8.04. The fraction of sp³-hybridized carbons (Fsp3) is 0.600. The van der Waals surface area contributed by atoms with Crippen LogP contribution in [-0.2, 0) is 0 Å². The van der Waals surface area contributed by atoms with E-state index in [1.165, 1.54) is 19.3 Å². The van der Waals surface area contributed by atoms with E-state index in [0.29, 0.717) is 0 Å². The lowest BCUT2D eigenvalue weighted by Crippen LogP contribution is -1.64. The van der Waals surface area contributed by atoms with Crippen molar-refractivity contribution in [3.8, 4) is 0 Å². The van der Waals surface area contributed by atoms with E-state index >= 15 is 0 Å². The molecule has 0 rings (SSSR count). The number of unbranched alkanes of at least 4 members (excludes halogenated alkanes) is 2. The fourth-order valence-electron chi connectivity index (χ4n) is 0.711. The van der Waals surface area contributed by atoms with Crippen LogP contribution in [0.1, 0.15) is 39.5 Å². The maximum absolute atomic E-state index is 2.23. The molecular weight excluding hydrogens is 120 g/mol. The highest BCUT2D eigenvalue weighted by molar-refractivity contribution is 5.01. The third-order valence-corrected chi connectivity index (χ3v) is 1.34. The summed E-state index contributed by atoms with van der Waals surface area (Å²) in [5.41, 5.74) is 0. The molecule has 0 aliphatic heterocycles. The van der Waals surface area contributed by atoms with E-state index in [2.05, 4.69) is 38.2 Å². The van der Waals surface area contributed by atoms with Gasteiger partial charge in [0.2, 0.25) is 0 Å². The van der Waals surface area contributed by atoms with Crippen molar-refractivity contribution < 1.29 is 0 Å². The van der Waals surface area contributed by atoms with E-state index in [4.69, 9.17) is 0 Å². The average molecular weight is 138 g/mol. The molecule has 10 heavy (non-hydrogen) atoms.